The molecule has 2 aliphatic rings. The molecular weight excluding hydrogens is 512 g/mol. The fourth-order valence-electron chi connectivity index (χ4n) is 6.26. The minimum absolute atomic E-state index is 0.0100. The standard InChI is InChI=1S/C30H42N2O6Si/c1-20-26(38-27(29(20)39(3,4)36)18-28(34)32-17-5-6-24(32)19-33)16-9-21-7-12-23(13-8-21)31-30(35)22-10-14-25(37-2)15-11-22/h7-8,10-15,20,24,26-27,29,33,36H,5-6,9,16-19H2,1-4H3,(H,31,35)/t20-,24+,26+,27-,29+/m1/s1. The number of aliphatic hydroxyl groups excluding tert-OH is 1. The highest BCUT2D eigenvalue weighted by molar-refractivity contribution is 6.71. The lowest BCUT2D eigenvalue weighted by molar-refractivity contribution is -0.135. The van der Waals surface area contributed by atoms with Crippen LogP contribution in [0.2, 0.25) is 18.6 Å². The van der Waals surface area contributed by atoms with Crippen molar-refractivity contribution in [2.24, 2.45) is 5.92 Å². The van der Waals surface area contributed by atoms with Gasteiger partial charge in [0.25, 0.3) is 5.91 Å². The van der Waals surface area contributed by atoms with Gasteiger partial charge in [-0.15, -0.1) is 0 Å². The minimum atomic E-state index is -2.58. The highest BCUT2D eigenvalue weighted by Crippen LogP contribution is 2.45. The van der Waals surface area contributed by atoms with Crippen LogP contribution >= 0.6 is 0 Å². The third kappa shape index (κ3) is 7.08. The Hall–Kier alpha value is -2.72. The van der Waals surface area contributed by atoms with E-state index in [0.29, 0.717) is 17.9 Å². The van der Waals surface area contributed by atoms with Crippen molar-refractivity contribution in [3.05, 3.63) is 59.7 Å². The summed E-state index contributed by atoms with van der Waals surface area (Å²) in [5.74, 6) is 0.678. The van der Waals surface area contributed by atoms with Crippen molar-refractivity contribution in [2.75, 3.05) is 25.6 Å². The first-order valence-corrected chi connectivity index (χ1v) is 17.0. The number of aryl methyl sites for hydroxylation is 1. The Morgan fingerprint density at radius 3 is 2.41 bits per heavy atom. The van der Waals surface area contributed by atoms with Crippen LogP contribution in [0.1, 0.15) is 48.5 Å². The number of carbonyl (C=O) groups is 2. The van der Waals surface area contributed by atoms with Gasteiger partial charge in [-0.2, -0.15) is 0 Å². The van der Waals surface area contributed by atoms with Gasteiger partial charge in [0.2, 0.25) is 5.91 Å². The predicted octanol–water partition coefficient (Wildman–Crippen LogP) is 4.22. The van der Waals surface area contributed by atoms with Gasteiger partial charge < -0.3 is 29.6 Å². The molecule has 2 aromatic rings. The van der Waals surface area contributed by atoms with Crippen LogP contribution in [0.5, 0.6) is 5.75 Å². The quantitative estimate of drug-likeness (QED) is 0.380. The maximum absolute atomic E-state index is 13.1. The molecule has 212 valence electrons. The number of anilines is 1. The zero-order valence-electron chi connectivity index (χ0n) is 23.4. The zero-order chi connectivity index (χ0) is 28.2. The van der Waals surface area contributed by atoms with Crippen LogP contribution in [0, 0.1) is 5.92 Å². The molecule has 2 fully saturated rings. The Morgan fingerprint density at radius 1 is 1.10 bits per heavy atom. The van der Waals surface area contributed by atoms with Gasteiger partial charge in [0.05, 0.1) is 38.4 Å². The summed E-state index contributed by atoms with van der Waals surface area (Å²) < 4.78 is 11.6. The Bertz CT molecular complexity index is 1120. The number of benzene rings is 2. The van der Waals surface area contributed by atoms with E-state index < -0.39 is 8.32 Å². The zero-order valence-corrected chi connectivity index (χ0v) is 24.4. The summed E-state index contributed by atoms with van der Waals surface area (Å²) in [4.78, 5) is 38.5. The topological polar surface area (TPSA) is 108 Å². The number of methoxy groups -OCH3 is 1. The van der Waals surface area contributed by atoms with Crippen LogP contribution in [0.25, 0.3) is 0 Å². The Morgan fingerprint density at radius 2 is 1.79 bits per heavy atom. The maximum Gasteiger partial charge on any atom is 0.255 e. The Kier molecular flexibility index (Phi) is 9.48. The number of hydrogen-bond donors (Lipinski definition) is 3. The monoisotopic (exact) mass is 554 g/mol. The molecule has 2 heterocycles. The van der Waals surface area contributed by atoms with Crippen molar-refractivity contribution in [3.8, 4) is 5.75 Å². The molecular formula is C30H42N2O6Si. The minimum Gasteiger partial charge on any atom is -0.497 e. The van der Waals surface area contributed by atoms with Crippen molar-refractivity contribution in [2.45, 2.75) is 75.9 Å². The van der Waals surface area contributed by atoms with Crippen LogP contribution in [0.15, 0.2) is 48.5 Å². The second-order valence-electron chi connectivity index (χ2n) is 11.4. The first-order valence-electron chi connectivity index (χ1n) is 13.9. The number of rotatable bonds is 10. The molecule has 0 unspecified atom stereocenters. The summed E-state index contributed by atoms with van der Waals surface area (Å²) in [6, 6.07) is 14.7. The third-order valence-electron chi connectivity index (χ3n) is 8.28. The number of aliphatic hydroxyl groups is 1. The average molecular weight is 555 g/mol. The van der Waals surface area contributed by atoms with Crippen molar-refractivity contribution < 1.29 is 29.0 Å². The van der Waals surface area contributed by atoms with Crippen LogP contribution < -0.4 is 10.1 Å². The molecule has 8 nitrogen and oxygen atoms in total. The normalized spacial score (nSPS) is 25.1. The molecule has 0 bridgehead atoms. The molecule has 0 saturated carbocycles. The smallest absolute Gasteiger partial charge is 0.255 e. The number of nitrogens with zero attached hydrogens (tertiary/aromatic N) is 1. The molecule has 0 spiro atoms. The van der Waals surface area contributed by atoms with Crippen molar-refractivity contribution >= 4 is 25.8 Å². The molecule has 0 radical (unpaired) electrons. The van der Waals surface area contributed by atoms with E-state index in [-0.39, 0.29) is 54.6 Å². The summed E-state index contributed by atoms with van der Waals surface area (Å²) in [7, 11) is -0.992. The molecule has 2 saturated heterocycles. The van der Waals surface area contributed by atoms with Gasteiger partial charge >= 0.3 is 0 Å². The largest absolute Gasteiger partial charge is 0.497 e. The molecule has 9 heteroatoms. The molecule has 2 amide bonds. The summed E-state index contributed by atoms with van der Waals surface area (Å²) >= 11 is 0. The van der Waals surface area contributed by atoms with E-state index in [1.165, 1.54) is 0 Å². The van der Waals surface area contributed by atoms with E-state index in [9.17, 15) is 19.5 Å². The predicted molar refractivity (Wildman–Crippen MR) is 153 cm³/mol. The molecule has 2 aromatic carbocycles. The van der Waals surface area contributed by atoms with Crippen LogP contribution in [-0.2, 0) is 16.0 Å². The number of hydrogen-bond acceptors (Lipinski definition) is 6. The molecule has 39 heavy (non-hydrogen) atoms. The SMILES string of the molecule is COc1ccc(C(=O)Nc2ccc(CC[C@@H]3O[C@H](CC(=O)N4CCC[C@H]4CO)[C@@H]([Si](C)(C)O)[C@@H]3C)cc2)cc1. The van der Waals surface area contributed by atoms with E-state index in [2.05, 4.69) is 12.2 Å². The second-order valence-corrected chi connectivity index (χ2v) is 15.4. The van der Waals surface area contributed by atoms with Crippen LogP contribution in [0.4, 0.5) is 5.69 Å². The second kappa shape index (κ2) is 12.6. The van der Waals surface area contributed by atoms with Crippen LogP contribution in [0.3, 0.4) is 0 Å². The van der Waals surface area contributed by atoms with Gasteiger partial charge in [0.15, 0.2) is 8.32 Å². The molecule has 5 atom stereocenters. The van der Waals surface area contributed by atoms with Crippen molar-refractivity contribution in [1.82, 2.24) is 4.90 Å². The molecule has 0 aliphatic carbocycles. The molecule has 4 rings (SSSR count). The fraction of sp³-hybridized carbons (Fsp3) is 0.533. The lowest BCUT2D eigenvalue weighted by Crippen LogP contribution is -2.43. The lowest BCUT2D eigenvalue weighted by Gasteiger charge is -2.31. The third-order valence-corrected chi connectivity index (χ3v) is 10.8. The van der Waals surface area contributed by atoms with E-state index in [1.807, 2.05) is 37.4 Å². The van der Waals surface area contributed by atoms with Gasteiger partial charge in [0.1, 0.15) is 5.75 Å². The Labute approximate surface area is 232 Å². The maximum atomic E-state index is 13.1. The van der Waals surface area contributed by atoms with E-state index >= 15 is 0 Å². The first-order chi connectivity index (χ1) is 18.6. The fourth-order valence-corrected chi connectivity index (χ4v) is 8.87. The summed E-state index contributed by atoms with van der Waals surface area (Å²) in [5, 5.41) is 12.6. The van der Waals surface area contributed by atoms with E-state index in [1.54, 1.807) is 36.3 Å². The lowest BCUT2D eigenvalue weighted by atomic mass is 9.95. The van der Waals surface area contributed by atoms with Crippen LogP contribution in [-0.4, -0.2) is 73.4 Å². The summed E-state index contributed by atoms with van der Waals surface area (Å²) in [5.41, 5.74) is 2.38. The average Bonchev–Trinajstić information content (AvgIpc) is 3.52. The number of ether oxygens (including phenoxy) is 2. The summed E-state index contributed by atoms with van der Waals surface area (Å²) in [6.45, 7) is 6.67. The Balaban J connectivity index is 1.34. The highest BCUT2D eigenvalue weighted by atomic mass is 28.4. The number of nitrogens with one attached hydrogen (secondary N) is 1. The van der Waals surface area contributed by atoms with E-state index in [4.69, 9.17) is 9.47 Å². The number of amides is 2. The van der Waals surface area contributed by atoms with Crippen molar-refractivity contribution in [3.63, 3.8) is 0 Å². The number of likely N-dealkylation sites (tertiary alicyclic amines) is 1. The van der Waals surface area contributed by atoms with Gasteiger partial charge in [0, 0.05) is 23.3 Å². The highest BCUT2D eigenvalue weighted by Gasteiger charge is 2.50. The van der Waals surface area contributed by atoms with E-state index in [0.717, 1.165) is 36.9 Å². The van der Waals surface area contributed by atoms with Gasteiger partial charge in [-0.25, -0.2) is 0 Å². The molecule has 0 aromatic heterocycles. The molecule has 3 N–H and O–H groups in total. The summed E-state index contributed by atoms with van der Waals surface area (Å²) in [6.07, 6.45) is 3.22. The first kappa shape index (κ1) is 29.3. The van der Waals surface area contributed by atoms with Gasteiger partial charge in [-0.3, -0.25) is 9.59 Å². The van der Waals surface area contributed by atoms with Gasteiger partial charge in [-0.1, -0.05) is 19.1 Å². The van der Waals surface area contributed by atoms with Crippen molar-refractivity contribution in [1.29, 1.82) is 0 Å². The van der Waals surface area contributed by atoms with Gasteiger partial charge in [-0.05, 0) is 86.7 Å². The number of carbonyl (C=O) groups excluding carboxylic acids is 2. The molecule has 2 aliphatic heterocycles.